The number of hydrogen-bond donors (Lipinski definition) is 4. The lowest BCUT2D eigenvalue weighted by Crippen LogP contribution is -2.56. The van der Waals surface area contributed by atoms with Gasteiger partial charge in [0, 0.05) is 25.7 Å². The van der Waals surface area contributed by atoms with Crippen LogP contribution in [0, 0.1) is 12.8 Å². The minimum atomic E-state index is -0.680. The average Bonchev–Trinajstić information content (AvgIpc) is 2.99. The molecule has 2 aromatic carbocycles. The maximum atomic E-state index is 13.4. The summed E-state index contributed by atoms with van der Waals surface area (Å²) in [6.45, 7) is 4.81. The topological polar surface area (TPSA) is 120 Å². The van der Waals surface area contributed by atoms with Crippen LogP contribution in [0.15, 0.2) is 54.6 Å². The standard InChI is InChI=1S/C25H36N4O4.C7H8O/c1-18-24(31)28-17-22(30)26-14-8-12-19-9-6-7-13-21(19)33-16-15-27-23(25(32)29(18)2)20-10-4-3-5-11-20;1-6-2-4-7(8)5-3-6/h6-9,12-13,18,20,23,27H,3-5,10-11,14-17H2,1-2H3,(H,26,30)(H,28,31);2-5,8H,1H3/b12-8+;/t18-,23?;/m0./s1. The number of phenolic OH excluding ortho intramolecular Hbond substituents is 1. The maximum absolute atomic E-state index is 13.4. The third-order valence-electron chi connectivity index (χ3n) is 7.51. The zero-order valence-corrected chi connectivity index (χ0v) is 24.4. The Bertz CT molecular complexity index is 1140. The van der Waals surface area contributed by atoms with E-state index in [9.17, 15) is 14.4 Å². The number of rotatable bonds is 1. The predicted molar refractivity (Wildman–Crippen MR) is 160 cm³/mol. The van der Waals surface area contributed by atoms with E-state index >= 15 is 0 Å². The monoisotopic (exact) mass is 564 g/mol. The fourth-order valence-corrected chi connectivity index (χ4v) is 4.92. The van der Waals surface area contributed by atoms with Gasteiger partial charge in [0.05, 0.1) is 12.6 Å². The summed E-state index contributed by atoms with van der Waals surface area (Å²) in [5.41, 5.74) is 2.08. The smallest absolute Gasteiger partial charge is 0.242 e. The molecule has 41 heavy (non-hydrogen) atoms. The Balaban J connectivity index is 0.000000496. The van der Waals surface area contributed by atoms with Crippen LogP contribution in [-0.4, -0.2) is 73.1 Å². The summed E-state index contributed by atoms with van der Waals surface area (Å²) in [5.74, 6) is 0.574. The van der Waals surface area contributed by atoms with Crippen LogP contribution in [-0.2, 0) is 14.4 Å². The van der Waals surface area contributed by atoms with Crippen LogP contribution in [0.25, 0.3) is 6.08 Å². The summed E-state index contributed by atoms with van der Waals surface area (Å²) in [6.07, 6.45) is 9.15. The molecule has 1 fully saturated rings. The molecule has 2 aromatic rings. The highest BCUT2D eigenvalue weighted by atomic mass is 16.5. The number of nitrogens with one attached hydrogen (secondary N) is 3. The molecule has 0 spiro atoms. The molecule has 2 atom stereocenters. The maximum Gasteiger partial charge on any atom is 0.242 e. The molecule has 1 aliphatic heterocycles. The number of carbonyl (C=O) groups is 3. The molecule has 1 aliphatic carbocycles. The second-order valence-corrected chi connectivity index (χ2v) is 10.6. The Morgan fingerprint density at radius 2 is 1.66 bits per heavy atom. The molecule has 2 aliphatic rings. The van der Waals surface area contributed by atoms with Gasteiger partial charge in [-0.2, -0.15) is 0 Å². The van der Waals surface area contributed by atoms with Crippen molar-refractivity contribution in [2.45, 2.75) is 58.0 Å². The van der Waals surface area contributed by atoms with Crippen molar-refractivity contribution in [3.63, 3.8) is 0 Å². The predicted octanol–water partition coefficient (Wildman–Crippen LogP) is 3.41. The number of likely N-dealkylation sites (N-methyl/N-ethyl adjacent to an activating group) is 1. The van der Waals surface area contributed by atoms with Crippen LogP contribution >= 0.6 is 0 Å². The number of carbonyl (C=O) groups excluding carboxylic acids is 3. The molecule has 3 amide bonds. The quantitative estimate of drug-likeness (QED) is 0.422. The lowest BCUT2D eigenvalue weighted by molar-refractivity contribution is -0.141. The van der Waals surface area contributed by atoms with Crippen molar-refractivity contribution in [1.82, 2.24) is 20.9 Å². The first-order valence-electron chi connectivity index (χ1n) is 14.4. The fourth-order valence-electron chi connectivity index (χ4n) is 4.92. The van der Waals surface area contributed by atoms with Gasteiger partial charge >= 0.3 is 0 Å². The molecule has 1 heterocycles. The molecule has 9 nitrogen and oxygen atoms in total. The van der Waals surface area contributed by atoms with Gasteiger partial charge in [-0.05, 0) is 50.8 Å². The molecule has 0 saturated heterocycles. The third kappa shape index (κ3) is 10.2. The number of hydrogen-bond acceptors (Lipinski definition) is 6. The molecule has 9 heteroatoms. The zero-order valence-electron chi connectivity index (χ0n) is 24.4. The van der Waals surface area contributed by atoms with Crippen LogP contribution in [0.3, 0.4) is 0 Å². The van der Waals surface area contributed by atoms with Crippen LogP contribution in [0.2, 0.25) is 0 Å². The molecule has 1 saturated carbocycles. The average molecular weight is 565 g/mol. The molecule has 4 N–H and O–H groups in total. The Labute approximate surface area is 243 Å². The van der Waals surface area contributed by atoms with Crippen molar-refractivity contribution in [2.75, 3.05) is 33.3 Å². The first-order chi connectivity index (χ1) is 19.8. The molecular formula is C32H44N4O5. The van der Waals surface area contributed by atoms with Gasteiger partial charge in [-0.1, -0.05) is 67.3 Å². The second-order valence-electron chi connectivity index (χ2n) is 10.6. The SMILES string of the molecule is C[C@H]1C(=O)NCC(=O)NC/C=C/c2ccccc2OCCNC(C2CCCCC2)C(=O)N1C.Cc1ccc(O)cc1. The van der Waals surface area contributed by atoms with Gasteiger partial charge in [0.2, 0.25) is 17.7 Å². The second kappa shape index (κ2) is 16.4. The van der Waals surface area contributed by atoms with E-state index in [1.54, 1.807) is 26.1 Å². The van der Waals surface area contributed by atoms with Gasteiger partial charge in [-0.25, -0.2) is 0 Å². The Morgan fingerprint density at radius 3 is 2.37 bits per heavy atom. The molecular weight excluding hydrogens is 520 g/mol. The van der Waals surface area contributed by atoms with Gasteiger partial charge in [0.1, 0.15) is 24.1 Å². The number of para-hydroxylation sites is 1. The summed E-state index contributed by atoms with van der Waals surface area (Å²) in [6, 6.07) is 13.7. The Hall–Kier alpha value is -3.85. The summed E-state index contributed by atoms with van der Waals surface area (Å²) in [4.78, 5) is 39.6. The van der Waals surface area contributed by atoms with Gasteiger partial charge in [0.25, 0.3) is 0 Å². The zero-order chi connectivity index (χ0) is 29.6. The minimum Gasteiger partial charge on any atom is -0.508 e. The van der Waals surface area contributed by atoms with Gasteiger partial charge in [0.15, 0.2) is 0 Å². The highest BCUT2D eigenvalue weighted by Gasteiger charge is 2.34. The van der Waals surface area contributed by atoms with Gasteiger partial charge < -0.3 is 30.7 Å². The fraction of sp³-hybridized carbons (Fsp3) is 0.469. The summed E-state index contributed by atoms with van der Waals surface area (Å²) in [7, 11) is 1.65. The molecule has 222 valence electrons. The highest BCUT2D eigenvalue weighted by molar-refractivity contribution is 5.91. The van der Waals surface area contributed by atoms with Crippen LogP contribution < -0.4 is 20.7 Å². The molecule has 1 unspecified atom stereocenters. The number of benzene rings is 2. The molecule has 4 rings (SSSR count). The molecule has 0 bridgehead atoms. The third-order valence-corrected chi connectivity index (χ3v) is 7.51. The van der Waals surface area contributed by atoms with Crippen molar-refractivity contribution >= 4 is 23.8 Å². The van der Waals surface area contributed by atoms with E-state index in [0.29, 0.717) is 25.4 Å². The number of nitrogens with zero attached hydrogens (tertiary/aromatic N) is 1. The van der Waals surface area contributed by atoms with Crippen molar-refractivity contribution in [3.05, 3.63) is 65.7 Å². The Kier molecular flexibility index (Phi) is 12.7. The van der Waals surface area contributed by atoms with E-state index in [1.807, 2.05) is 55.5 Å². The molecule has 0 radical (unpaired) electrons. The number of amides is 3. The number of ether oxygens (including phenoxy) is 1. The highest BCUT2D eigenvalue weighted by Crippen LogP contribution is 2.27. The first-order valence-corrected chi connectivity index (χ1v) is 14.4. The van der Waals surface area contributed by atoms with Crippen molar-refractivity contribution in [3.8, 4) is 11.5 Å². The summed E-state index contributed by atoms with van der Waals surface area (Å²) >= 11 is 0. The molecule has 0 aromatic heterocycles. The van der Waals surface area contributed by atoms with E-state index in [-0.39, 0.29) is 36.2 Å². The van der Waals surface area contributed by atoms with Gasteiger partial charge in [-0.15, -0.1) is 0 Å². The van der Waals surface area contributed by atoms with Crippen molar-refractivity contribution < 1.29 is 24.2 Å². The lowest BCUT2D eigenvalue weighted by atomic mass is 9.83. The van der Waals surface area contributed by atoms with E-state index in [4.69, 9.17) is 9.84 Å². The van der Waals surface area contributed by atoms with Crippen LogP contribution in [0.5, 0.6) is 11.5 Å². The lowest BCUT2D eigenvalue weighted by Gasteiger charge is -2.34. The number of aryl methyl sites for hydroxylation is 1. The summed E-state index contributed by atoms with van der Waals surface area (Å²) < 4.78 is 6.00. The van der Waals surface area contributed by atoms with E-state index in [2.05, 4.69) is 16.0 Å². The van der Waals surface area contributed by atoms with Gasteiger partial charge in [-0.3, -0.25) is 14.4 Å². The summed E-state index contributed by atoms with van der Waals surface area (Å²) in [5, 5.41) is 17.6. The van der Waals surface area contributed by atoms with E-state index < -0.39 is 6.04 Å². The number of aromatic hydroxyl groups is 1. The van der Waals surface area contributed by atoms with E-state index in [1.165, 1.54) is 16.9 Å². The number of phenols is 1. The number of fused-ring (bicyclic) bond motifs is 1. The van der Waals surface area contributed by atoms with E-state index in [0.717, 1.165) is 37.0 Å². The largest absolute Gasteiger partial charge is 0.508 e. The minimum absolute atomic E-state index is 0.0987. The normalized spacial score (nSPS) is 22.4. The van der Waals surface area contributed by atoms with Crippen LogP contribution in [0.4, 0.5) is 0 Å². The Morgan fingerprint density at radius 1 is 0.951 bits per heavy atom. The van der Waals surface area contributed by atoms with Crippen LogP contribution in [0.1, 0.15) is 50.2 Å². The first kappa shape index (κ1) is 31.7. The van der Waals surface area contributed by atoms with Crippen molar-refractivity contribution in [1.29, 1.82) is 0 Å². The van der Waals surface area contributed by atoms with Crippen molar-refractivity contribution in [2.24, 2.45) is 5.92 Å².